The second kappa shape index (κ2) is 5.90. The second-order valence-electron chi connectivity index (χ2n) is 5.32. The molecule has 0 fully saturated rings. The Morgan fingerprint density at radius 1 is 1.24 bits per heavy atom. The summed E-state index contributed by atoms with van der Waals surface area (Å²) < 4.78 is 0.995. The van der Waals surface area contributed by atoms with Gasteiger partial charge in [0.15, 0.2) is 0 Å². The highest BCUT2D eigenvalue weighted by Gasteiger charge is 2.12. The summed E-state index contributed by atoms with van der Waals surface area (Å²) in [4.78, 5) is 12.3. The number of rotatable bonds is 2. The van der Waals surface area contributed by atoms with Crippen molar-refractivity contribution in [3.05, 3.63) is 57.6 Å². The molecule has 0 aliphatic carbocycles. The number of nitrogens with one attached hydrogen (secondary N) is 2. The van der Waals surface area contributed by atoms with Gasteiger partial charge in [0.25, 0.3) is 5.91 Å². The number of carbonyl (C=O) groups is 1. The maximum atomic E-state index is 12.3. The lowest BCUT2D eigenvalue weighted by Crippen LogP contribution is -2.15. The standard InChI is InChI=1S/C17H17BrN2O/c1-11-4-6-14(10-15(11)18)20-17(21)13-5-7-16-12(9-13)3-2-8-19-16/h4-7,9-10,19H,2-3,8H2,1H3,(H,20,21). The van der Waals surface area contributed by atoms with Gasteiger partial charge in [0.1, 0.15) is 0 Å². The highest BCUT2D eigenvalue weighted by molar-refractivity contribution is 9.10. The fourth-order valence-corrected chi connectivity index (χ4v) is 2.87. The molecule has 1 heterocycles. The highest BCUT2D eigenvalue weighted by Crippen LogP contribution is 2.24. The van der Waals surface area contributed by atoms with Crippen molar-refractivity contribution in [2.45, 2.75) is 19.8 Å². The summed E-state index contributed by atoms with van der Waals surface area (Å²) in [6.45, 7) is 3.03. The Morgan fingerprint density at radius 2 is 2.10 bits per heavy atom. The van der Waals surface area contributed by atoms with E-state index in [4.69, 9.17) is 0 Å². The van der Waals surface area contributed by atoms with Crippen LogP contribution in [-0.4, -0.2) is 12.5 Å². The summed E-state index contributed by atoms with van der Waals surface area (Å²) >= 11 is 3.48. The molecule has 0 bridgehead atoms. The van der Waals surface area contributed by atoms with Crippen LogP contribution >= 0.6 is 15.9 Å². The lowest BCUT2D eigenvalue weighted by atomic mass is 10.0. The van der Waals surface area contributed by atoms with Gasteiger partial charge in [-0.25, -0.2) is 0 Å². The molecule has 1 aliphatic heterocycles. The largest absolute Gasteiger partial charge is 0.385 e. The van der Waals surface area contributed by atoms with Crippen molar-refractivity contribution in [1.29, 1.82) is 0 Å². The van der Waals surface area contributed by atoms with Gasteiger partial charge in [-0.3, -0.25) is 4.79 Å². The van der Waals surface area contributed by atoms with Crippen molar-refractivity contribution in [1.82, 2.24) is 0 Å². The van der Waals surface area contributed by atoms with E-state index in [1.165, 1.54) is 5.56 Å². The number of anilines is 2. The van der Waals surface area contributed by atoms with Gasteiger partial charge in [-0.15, -0.1) is 0 Å². The van der Waals surface area contributed by atoms with Crippen LogP contribution in [-0.2, 0) is 6.42 Å². The molecule has 21 heavy (non-hydrogen) atoms. The number of carbonyl (C=O) groups excluding carboxylic acids is 1. The molecule has 1 aliphatic rings. The highest BCUT2D eigenvalue weighted by atomic mass is 79.9. The Bertz CT molecular complexity index is 697. The first-order chi connectivity index (χ1) is 10.1. The van der Waals surface area contributed by atoms with Crippen LogP contribution in [0.3, 0.4) is 0 Å². The molecule has 0 spiro atoms. The van der Waals surface area contributed by atoms with Crippen molar-refractivity contribution >= 4 is 33.2 Å². The number of halogens is 1. The van der Waals surface area contributed by atoms with E-state index in [1.807, 2.05) is 43.3 Å². The van der Waals surface area contributed by atoms with Crippen LogP contribution < -0.4 is 10.6 Å². The van der Waals surface area contributed by atoms with E-state index in [0.29, 0.717) is 5.56 Å². The van der Waals surface area contributed by atoms with E-state index in [2.05, 4.69) is 26.6 Å². The third-order valence-electron chi connectivity index (χ3n) is 3.74. The predicted molar refractivity (Wildman–Crippen MR) is 90.1 cm³/mol. The zero-order chi connectivity index (χ0) is 14.8. The van der Waals surface area contributed by atoms with Crippen molar-refractivity contribution in [3.63, 3.8) is 0 Å². The average Bonchev–Trinajstić information content (AvgIpc) is 2.50. The van der Waals surface area contributed by atoms with Crippen molar-refractivity contribution in [2.75, 3.05) is 17.2 Å². The lowest BCUT2D eigenvalue weighted by molar-refractivity contribution is 0.102. The number of hydrogen-bond donors (Lipinski definition) is 2. The van der Waals surface area contributed by atoms with E-state index in [-0.39, 0.29) is 5.91 Å². The lowest BCUT2D eigenvalue weighted by Gasteiger charge is -2.18. The van der Waals surface area contributed by atoms with Crippen LogP contribution in [0.25, 0.3) is 0 Å². The number of benzene rings is 2. The van der Waals surface area contributed by atoms with Crippen LogP contribution in [0, 0.1) is 6.92 Å². The van der Waals surface area contributed by atoms with Crippen LogP contribution in [0.15, 0.2) is 40.9 Å². The summed E-state index contributed by atoms with van der Waals surface area (Å²) in [6.07, 6.45) is 2.14. The van der Waals surface area contributed by atoms with E-state index in [0.717, 1.165) is 40.8 Å². The van der Waals surface area contributed by atoms with E-state index in [1.54, 1.807) is 0 Å². The van der Waals surface area contributed by atoms with Crippen molar-refractivity contribution < 1.29 is 4.79 Å². The monoisotopic (exact) mass is 344 g/mol. The van der Waals surface area contributed by atoms with Gasteiger partial charge in [-0.2, -0.15) is 0 Å². The maximum absolute atomic E-state index is 12.3. The molecule has 0 saturated heterocycles. The summed E-state index contributed by atoms with van der Waals surface area (Å²) in [5, 5.41) is 6.30. The molecule has 0 saturated carbocycles. The van der Waals surface area contributed by atoms with E-state index < -0.39 is 0 Å². The Kier molecular flexibility index (Phi) is 3.97. The summed E-state index contributed by atoms with van der Waals surface area (Å²) in [6, 6.07) is 11.7. The smallest absolute Gasteiger partial charge is 0.255 e. The van der Waals surface area contributed by atoms with Gasteiger partial charge in [-0.1, -0.05) is 22.0 Å². The topological polar surface area (TPSA) is 41.1 Å². The van der Waals surface area contributed by atoms with Crippen LogP contribution in [0.4, 0.5) is 11.4 Å². The zero-order valence-corrected chi connectivity index (χ0v) is 13.5. The molecule has 0 atom stereocenters. The Labute approximate surface area is 132 Å². The minimum atomic E-state index is -0.0703. The first kappa shape index (κ1) is 14.1. The van der Waals surface area contributed by atoms with Crippen LogP contribution in [0.5, 0.6) is 0 Å². The van der Waals surface area contributed by atoms with Gasteiger partial charge in [0.05, 0.1) is 0 Å². The Hall–Kier alpha value is -1.81. The van der Waals surface area contributed by atoms with Crippen LogP contribution in [0.2, 0.25) is 0 Å². The van der Waals surface area contributed by atoms with E-state index in [9.17, 15) is 4.79 Å². The molecule has 0 aromatic heterocycles. The molecule has 3 nitrogen and oxygen atoms in total. The minimum absolute atomic E-state index is 0.0703. The molecule has 0 unspecified atom stereocenters. The number of amides is 1. The fraction of sp³-hybridized carbons (Fsp3) is 0.235. The van der Waals surface area contributed by atoms with Gasteiger partial charge in [0, 0.05) is 28.0 Å². The third kappa shape index (κ3) is 3.10. The summed E-state index contributed by atoms with van der Waals surface area (Å²) in [5.74, 6) is -0.0703. The fourth-order valence-electron chi connectivity index (χ4n) is 2.49. The molecule has 1 amide bonds. The summed E-state index contributed by atoms with van der Waals surface area (Å²) in [7, 11) is 0. The molecular weight excluding hydrogens is 328 g/mol. The zero-order valence-electron chi connectivity index (χ0n) is 11.9. The quantitative estimate of drug-likeness (QED) is 0.849. The van der Waals surface area contributed by atoms with Gasteiger partial charge < -0.3 is 10.6 Å². The summed E-state index contributed by atoms with van der Waals surface area (Å²) in [5.41, 5.74) is 5.02. The minimum Gasteiger partial charge on any atom is -0.385 e. The molecule has 2 N–H and O–H groups in total. The average molecular weight is 345 g/mol. The van der Waals surface area contributed by atoms with Crippen molar-refractivity contribution in [3.8, 4) is 0 Å². The molecule has 0 radical (unpaired) electrons. The molecule has 2 aromatic rings. The van der Waals surface area contributed by atoms with Crippen molar-refractivity contribution in [2.24, 2.45) is 0 Å². The molecule has 2 aromatic carbocycles. The van der Waals surface area contributed by atoms with Gasteiger partial charge in [0.2, 0.25) is 0 Å². The predicted octanol–water partition coefficient (Wildman–Crippen LogP) is 4.37. The second-order valence-corrected chi connectivity index (χ2v) is 6.17. The molecule has 4 heteroatoms. The van der Waals surface area contributed by atoms with Gasteiger partial charge in [-0.05, 0) is 61.2 Å². The molecule has 3 rings (SSSR count). The first-order valence-electron chi connectivity index (χ1n) is 7.08. The normalized spacial score (nSPS) is 13.2. The maximum Gasteiger partial charge on any atom is 0.255 e. The Morgan fingerprint density at radius 3 is 2.90 bits per heavy atom. The Balaban J connectivity index is 1.80. The third-order valence-corrected chi connectivity index (χ3v) is 4.59. The van der Waals surface area contributed by atoms with Gasteiger partial charge >= 0.3 is 0 Å². The number of hydrogen-bond acceptors (Lipinski definition) is 2. The first-order valence-corrected chi connectivity index (χ1v) is 7.87. The SMILES string of the molecule is Cc1ccc(NC(=O)c2ccc3c(c2)CCCN3)cc1Br. The molecular formula is C17H17BrN2O. The number of fused-ring (bicyclic) bond motifs is 1. The number of aryl methyl sites for hydroxylation is 2. The molecule has 108 valence electrons. The van der Waals surface area contributed by atoms with Crippen LogP contribution in [0.1, 0.15) is 27.9 Å². The van der Waals surface area contributed by atoms with E-state index >= 15 is 0 Å².